The van der Waals surface area contributed by atoms with Crippen molar-refractivity contribution in [3.05, 3.63) is 35.4 Å². The fourth-order valence-corrected chi connectivity index (χ4v) is 3.52. The summed E-state index contributed by atoms with van der Waals surface area (Å²) in [7, 11) is 0. The largest absolute Gasteiger partial charge is 0.352 e. The van der Waals surface area contributed by atoms with Gasteiger partial charge in [0.1, 0.15) is 0 Å². The summed E-state index contributed by atoms with van der Waals surface area (Å²) in [5, 5.41) is 6.23. The first kappa shape index (κ1) is 21.4. The first-order chi connectivity index (χ1) is 12.8. The Hall–Kier alpha value is -1.88. The van der Waals surface area contributed by atoms with Crippen LogP contribution in [0.25, 0.3) is 0 Å². The Morgan fingerprint density at radius 3 is 2.33 bits per heavy atom. The Kier molecular flexibility index (Phi) is 7.84. The summed E-state index contributed by atoms with van der Waals surface area (Å²) in [6.45, 7) is 11.7. The first-order valence-corrected chi connectivity index (χ1v) is 10.2. The highest BCUT2D eigenvalue weighted by Gasteiger charge is 2.24. The number of hydrogen-bond donors (Lipinski definition) is 2. The molecule has 0 aliphatic carbocycles. The Morgan fingerprint density at radius 2 is 1.78 bits per heavy atom. The summed E-state index contributed by atoms with van der Waals surface area (Å²) in [5.41, 5.74) is 1.91. The normalized spacial score (nSPS) is 15.4. The molecule has 0 bridgehead atoms. The van der Waals surface area contributed by atoms with Crippen LogP contribution in [-0.4, -0.2) is 48.9 Å². The number of carbonyl (C=O) groups excluding carboxylic acids is 2. The second-order valence-electron chi connectivity index (χ2n) is 8.40. The molecule has 5 nitrogen and oxygen atoms in total. The van der Waals surface area contributed by atoms with Gasteiger partial charge >= 0.3 is 0 Å². The third-order valence-electron chi connectivity index (χ3n) is 5.17. The van der Waals surface area contributed by atoms with E-state index in [2.05, 4.69) is 38.3 Å². The van der Waals surface area contributed by atoms with Gasteiger partial charge in [0.05, 0.1) is 0 Å². The van der Waals surface area contributed by atoms with E-state index in [0.29, 0.717) is 24.6 Å². The highest BCUT2D eigenvalue weighted by molar-refractivity contribution is 5.94. The zero-order valence-corrected chi connectivity index (χ0v) is 17.3. The maximum atomic E-state index is 12.7. The molecule has 1 saturated heterocycles. The second-order valence-corrected chi connectivity index (χ2v) is 8.40. The van der Waals surface area contributed by atoms with Crippen molar-refractivity contribution in [1.29, 1.82) is 0 Å². The van der Waals surface area contributed by atoms with E-state index in [0.717, 1.165) is 38.9 Å². The van der Waals surface area contributed by atoms with Crippen molar-refractivity contribution < 1.29 is 9.59 Å². The van der Waals surface area contributed by atoms with Crippen LogP contribution >= 0.6 is 0 Å². The van der Waals surface area contributed by atoms with Gasteiger partial charge in [-0.1, -0.05) is 39.8 Å². The molecule has 1 aliphatic rings. The number of piperidine rings is 1. The number of carbonyl (C=O) groups is 2. The van der Waals surface area contributed by atoms with Gasteiger partial charge in [0.15, 0.2) is 0 Å². The number of amides is 2. The number of benzene rings is 1. The molecule has 1 aromatic rings. The molecule has 2 N–H and O–H groups in total. The summed E-state index contributed by atoms with van der Waals surface area (Å²) < 4.78 is 0. The van der Waals surface area contributed by atoms with E-state index in [-0.39, 0.29) is 17.2 Å². The lowest BCUT2D eigenvalue weighted by Crippen LogP contribution is -2.47. The minimum atomic E-state index is -0.118. The molecule has 2 rings (SSSR count). The zero-order chi connectivity index (χ0) is 19.9. The monoisotopic (exact) mass is 373 g/mol. The molecular formula is C22H35N3O2. The van der Waals surface area contributed by atoms with Crippen molar-refractivity contribution in [2.45, 2.75) is 64.8 Å². The van der Waals surface area contributed by atoms with Gasteiger partial charge in [0.2, 0.25) is 5.91 Å². The van der Waals surface area contributed by atoms with Gasteiger partial charge in [-0.25, -0.2) is 0 Å². The van der Waals surface area contributed by atoms with Gasteiger partial charge in [0.25, 0.3) is 5.91 Å². The van der Waals surface area contributed by atoms with Gasteiger partial charge in [-0.05, 0) is 55.5 Å². The number of rotatable bonds is 7. The van der Waals surface area contributed by atoms with Crippen molar-refractivity contribution >= 4 is 11.8 Å². The highest BCUT2D eigenvalue weighted by atomic mass is 16.2. The van der Waals surface area contributed by atoms with E-state index in [4.69, 9.17) is 0 Å². The quantitative estimate of drug-likeness (QED) is 0.772. The van der Waals surface area contributed by atoms with Crippen LogP contribution in [0.3, 0.4) is 0 Å². The van der Waals surface area contributed by atoms with Crippen LogP contribution in [0.1, 0.15) is 69.3 Å². The molecule has 27 heavy (non-hydrogen) atoms. The Bertz CT molecular complexity index is 613. The maximum absolute atomic E-state index is 12.7. The van der Waals surface area contributed by atoms with Crippen LogP contribution in [-0.2, 0) is 10.2 Å². The molecule has 1 fully saturated rings. The molecule has 5 heteroatoms. The van der Waals surface area contributed by atoms with Crippen LogP contribution < -0.4 is 10.6 Å². The average Bonchev–Trinajstić information content (AvgIpc) is 2.66. The third-order valence-corrected chi connectivity index (χ3v) is 5.17. The zero-order valence-electron chi connectivity index (χ0n) is 17.3. The van der Waals surface area contributed by atoms with Crippen LogP contribution in [0, 0.1) is 0 Å². The van der Waals surface area contributed by atoms with E-state index in [1.165, 1.54) is 5.56 Å². The Labute approximate surface area is 163 Å². The molecule has 0 unspecified atom stereocenters. The standard InChI is InChI=1S/C22H35N3O2/c1-5-16-25(19-10-13-23-14-11-19)20(26)12-15-24-21(27)17-6-8-18(9-7-17)22(2,3)4/h6-9,19,23H,5,10-16H2,1-4H3,(H,24,27). The summed E-state index contributed by atoms with van der Waals surface area (Å²) in [6, 6.07) is 8.05. The first-order valence-electron chi connectivity index (χ1n) is 10.2. The SMILES string of the molecule is CCCN(C(=O)CCNC(=O)c1ccc(C(C)(C)C)cc1)C1CCNCC1. The summed E-state index contributed by atoms with van der Waals surface area (Å²) in [4.78, 5) is 27.0. The lowest BCUT2D eigenvalue weighted by molar-refractivity contribution is -0.134. The lowest BCUT2D eigenvalue weighted by atomic mass is 9.87. The second kappa shape index (κ2) is 9.88. The summed E-state index contributed by atoms with van der Waals surface area (Å²) in [5.74, 6) is 0.0271. The fourth-order valence-electron chi connectivity index (χ4n) is 3.52. The van der Waals surface area contributed by atoms with Gasteiger partial charge in [-0.3, -0.25) is 9.59 Å². The highest BCUT2D eigenvalue weighted by Crippen LogP contribution is 2.22. The molecule has 1 aromatic carbocycles. The Morgan fingerprint density at radius 1 is 1.15 bits per heavy atom. The molecule has 0 saturated carbocycles. The van der Waals surface area contributed by atoms with Crippen LogP contribution in [0.2, 0.25) is 0 Å². The molecule has 150 valence electrons. The van der Waals surface area contributed by atoms with Gasteiger partial charge in [-0.15, -0.1) is 0 Å². The Balaban J connectivity index is 1.84. The smallest absolute Gasteiger partial charge is 0.251 e. The van der Waals surface area contributed by atoms with Crippen molar-refractivity contribution in [3.8, 4) is 0 Å². The van der Waals surface area contributed by atoms with E-state index >= 15 is 0 Å². The number of nitrogens with one attached hydrogen (secondary N) is 2. The van der Waals surface area contributed by atoms with E-state index in [9.17, 15) is 9.59 Å². The number of nitrogens with zero attached hydrogens (tertiary/aromatic N) is 1. The average molecular weight is 374 g/mol. The molecule has 0 spiro atoms. The predicted molar refractivity (Wildman–Crippen MR) is 110 cm³/mol. The van der Waals surface area contributed by atoms with Crippen LogP contribution in [0.5, 0.6) is 0 Å². The van der Waals surface area contributed by atoms with E-state index in [1.54, 1.807) is 0 Å². The third kappa shape index (κ3) is 6.35. The lowest BCUT2D eigenvalue weighted by Gasteiger charge is -2.34. The predicted octanol–water partition coefficient (Wildman–Crippen LogP) is 3.09. The maximum Gasteiger partial charge on any atom is 0.251 e. The molecule has 0 atom stereocenters. The molecular weight excluding hydrogens is 338 g/mol. The van der Waals surface area contributed by atoms with Crippen molar-refractivity contribution in [1.82, 2.24) is 15.5 Å². The topological polar surface area (TPSA) is 61.4 Å². The molecule has 1 heterocycles. The van der Waals surface area contributed by atoms with E-state index in [1.807, 2.05) is 29.2 Å². The van der Waals surface area contributed by atoms with Crippen molar-refractivity contribution in [3.63, 3.8) is 0 Å². The van der Waals surface area contributed by atoms with Crippen LogP contribution in [0.4, 0.5) is 0 Å². The van der Waals surface area contributed by atoms with Gasteiger partial charge < -0.3 is 15.5 Å². The van der Waals surface area contributed by atoms with Gasteiger partial charge in [0, 0.05) is 31.1 Å². The van der Waals surface area contributed by atoms with Crippen LogP contribution in [0.15, 0.2) is 24.3 Å². The van der Waals surface area contributed by atoms with Gasteiger partial charge in [-0.2, -0.15) is 0 Å². The minimum absolute atomic E-state index is 0.0683. The molecule has 0 aromatic heterocycles. The number of hydrogen-bond acceptors (Lipinski definition) is 3. The minimum Gasteiger partial charge on any atom is -0.352 e. The fraction of sp³-hybridized carbons (Fsp3) is 0.636. The summed E-state index contributed by atoms with van der Waals surface area (Å²) >= 11 is 0. The molecule has 0 radical (unpaired) electrons. The summed E-state index contributed by atoms with van der Waals surface area (Å²) in [6.07, 6.45) is 3.34. The van der Waals surface area contributed by atoms with E-state index < -0.39 is 0 Å². The van der Waals surface area contributed by atoms with Crippen molar-refractivity contribution in [2.75, 3.05) is 26.2 Å². The molecule has 2 amide bonds. The van der Waals surface area contributed by atoms with Crippen molar-refractivity contribution in [2.24, 2.45) is 0 Å². The molecule has 1 aliphatic heterocycles.